The van der Waals surface area contributed by atoms with Crippen molar-refractivity contribution in [2.24, 2.45) is 0 Å². The minimum absolute atomic E-state index is 0.0233. The van der Waals surface area contributed by atoms with Crippen molar-refractivity contribution in [2.75, 3.05) is 29.9 Å². The lowest BCUT2D eigenvalue weighted by atomic mass is 9.94. The molecule has 2 heterocycles. The maximum Gasteiger partial charge on any atom is 0.128 e. The Balaban J connectivity index is 1.97. The van der Waals surface area contributed by atoms with Crippen LogP contribution in [0.3, 0.4) is 0 Å². The zero-order valence-electron chi connectivity index (χ0n) is 13.1. The Morgan fingerprint density at radius 1 is 1.35 bits per heavy atom. The Morgan fingerprint density at radius 2 is 2.10 bits per heavy atom. The number of ether oxygens (including phenoxy) is 1. The van der Waals surface area contributed by atoms with Crippen LogP contribution in [0.2, 0.25) is 0 Å². The average Bonchev–Trinajstić information content (AvgIpc) is 2.41. The Bertz CT molecular complexity index is 412. The molecule has 1 aliphatic rings. The lowest BCUT2D eigenvalue weighted by Gasteiger charge is -2.36. The van der Waals surface area contributed by atoms with Crippen LogP contribution < -0.4 is 10.2 Å². The fourth-order valence-corrected chi connectivity index (χ4v) is 2.80. The summed E-state index contributed by atoms with van der Waals surface area (Å²) >= 11 is 0. The third-order valence-corrected chi connectivity index (χ3v) is 3.90. The van der Waals surface area contributed by atoms with Crippen LogP contribution in [0.1, 0.15) is 40.5 Å². The molecular formula is C16H27N3O. The molecule has 0 aliphatic carbocycles. The van der Waals surface area contributed by atoms with Gasteiger partial charge in [0.05, 0.1) is 17.5 Å². The van der Waals surface area contributed by atoms with Crippen molar-refractivity contribution in [2.45, 2.75) is 52.2 Å². The van der Waals surface area contributed by atoms with Crippen molar-refractivity contribution < 1.29 is 4.74 Å². The number of aromatic nitrogens is 1. The number of hydrogen-bond acceptors (Lipinski definition) is 4. The zero-order chi connectivity index (χ0) is 14.6. The van der Waals surface area contributed by atoms with Crippen LogP contribution in [0.25, 0.3) is 0 Å². The van der Waals surface area contributed by atoms with Gasteiger partial charge in [0.15, 0.2) is 0 Å². The highest BCUT2D eigenvalue weighted by molar-refractivity contribution is 5.49. The van der Waals surface area contributed by atoms with Crippen LogP contribution in [0, 0.1) is 0 Å². The highest BCUT2D eigenvalue weighted by Crippen LogP contribution is 2.26. The molecule has 1 saturated heterocycles. The Labute approximate surface area is 122 Å². The first-order valence-corrected chi connectivity index (χ1v) is 7.65. The standard InChI is InChI=1S/C16H27N3O/c1-5-19(6-2)15-8-7-14(12-17-15)18-13-9-10-20-16(3,4)11-13/h7-8,12-13,18H,5-6,9-11H2,1-4H3. The molecule has 1 N–H and O–H groups in total. The van der Waals surface area contributed by atoms with Gasteiger partial charge in [-0.05, 0) is 52.7 Å². The van der Waals surface area contributed by atoms with Crippen molar-refractivity contribution in [3.05, 3.63) is 18.3 Å². The maximum absolute atomic E-state index is 5.75. The SMILES string of the molecule is CCN(CC)c1ccc(NC2CCOC(C)(C)C2)cn1. The molecule has 112 valence electrons. The molecule has 1 unspecified atom stereocenters. The van der Waals surface area contributed by atoms with Crippen molar-refractivity contribution in [1.82, 2.24) is 4.98 Å². The van der Waals surface area contributed by atoms with Crippen LogP contribution in [-0.2, 0) is 4.74 Å². The third kappa shape index (κ3) is 3.85. The number of nitrogens with zero attached hydrogens (tertiary/aromatic N) is 2. The van der Waals surface area contributed by atoms with Gasteiger partial charge in [-0.1, -0.05) is 0 Å². The number of pyridine rings is 1. The molecule has 2 rings (SSSR count). The minimum Gasteiger partial charge on any atom is -0.381 e. The number of nitrogens with one attached hydrogen (secondary N) is 1. The van der Waals surface area contributed by atoms with E-state index in [4.69, 9.17) is 4.74 Å². The van der Waals surface area contributed by atoms with E-state index < -0.39 is 0 Å². The van der Waals surface area contributed by atoms with Crippen molar-refractivity contribution >= 4 is 11.5 Å². The minimum atomic E-state index is -0.0233. The molecular weight excluding hydrogens is 250 g/mol. The van der Waals surface area contributed by atoms with Gasteiger partial charge in [-0.15, -0.1) is 0 Å². The van der Waals surface area contributed by atoms with E-state index in [0.29, 0.717) is 6.04 Å². The number of rotatable bonds is 5. The van der Waals surface area contributed by atoms with Gasteiger partial charge >= 0.3 is 0 Å². The van der Waals surface area contributed by atoms with Crippen LogP contribution in [0.4, 0.5) is 11.5 Å². The highest BCUT2D eigenvalue weighted by atomic mass is 16.5. The third-order valence-electron chi connectivity index (χ3n) is 3.90. The highest BCUT2D eigenvalue weighted by Gasteiger charge is 2.28. The monoisotopic (exact) mass is 277 g/mol. The van der Waals surface area contributed by atoms with E-state index >= 15 is 0 Å². The second kappa shape index (κ2) is 6.44. The first-order chi connectivity index (χ1) is 9.54. The summed E-state index contributed by atoms with van der Waals surface area (Å²) in [5, 5.41) is 3.58. The largest absolute Gasteiger partial charge is 0.381 e. The molecule has 0 amide bonds. The fraction of sp³-hybridized carbons (Fsp3) is 0.688. The Kier molecular flexibility index (Phi) is 4.86. The van der Waals surface area contributed by atoms with Gasteiger partial charge in [0, 0.05) is 25.7 Å². The van der Waals surface area contributed by atoms with Gasteiger partial charge in [-0.3, -0.25) is 0 Å². The van der Waals surface area contributed by atoms with Crippen LogP contribution in [0.15, 0.2) is 18.3 Å². The maximum atomic E-state index is 5.75. The van der Waals surface area contributed by atoms with Crippen LogP contribution in [-0.4, -0.2) is 36.3 Å². The molecule has 1 fully saturated rings. The smallest absolute Gasteiger partial charge is 0.128 e. The van der Waals surface area contributed by atoms with E-state index in [9.17, 15) is 0 Å². The molecule has 4 nitrogen and oxygen atoms in total. The second-order valence-electron chi connectivity index (χ2n) is 6.02. The van der Waals surface area contributed by atoms with Gasteiger partial charge in [0.25, 0.3) is 0 Å². The Hall–Kier alpha value is -1.29. The first-order valence-electron chi connectivity index (χ1n) is 7.65. The normalized spacial score (nSPS) is 21.5. The van der Waals surface area contributed by atoms with Gasteiger partial charge in [0.1, 0.15) is 5.82 Å². The summed E-state index contributed by atoms with van der Waals surface area (Å²) in [4.78, 5) is 6.81. The van der Waals surface area contributed by atoms with Gasteiger partial charge in [-0.25, -0.2) is 4.98 Å². The summed E-state index contributed by atoms with van der Waals surface area (Å²) < 4.78 is 5.75. The molecule has 1 aliphatic heterocycles. The van der Waals surface area contributed by atoms with Crippen molar-refractivity contribution in [3.63, 3.8) is 0 Å². The summed E-state index contributed by atoms with van der Waals surface area (Å²) in [7, 11) is 0. The molecule has 1 aromatic heterocycles. The van der Waals surface area contributed by atoms with E-state index in [2.05, 4.69) is 55.0 Å². The molecule has 0 radical (unpaired) electrons. The van der Waals surface area contributed by atoms with Crippen molar-refractivity contribution in [3.8, 4) is 0 Å². The lowest BCUT2D eigenvalue weighted by molar-refractivity contribution is -0.0553. The predicted molar refractivity (Wildman–Crippen MR) is 84.5 cm³/mol. The first kappa shape index (κ1) is 15.1. The molecule has 1 atom stereocenters. The van der Waals surface area contributed by atoms with Crippen LogP contribution in [0.5, 0.6) is 0 Å². The summed E-state index contributed by atoms with van der Waals surface area (Å²) in [5.41, 5.74) is 1.08. The predicted octanol–water partition coefficient (Wildman–Crippen LogP) is 3.30. The molecule has 0 aromatic carbocycles. The lowest BCUT2D eigenvalue weighted by Crippen LogP contribution is -2.40. The van der Waals surface area contributed by atoms with E-state index in [1.165, 1.54) is 0 Å². The van der Waals surface area contributed by atoms with Gasteiger partial charge in [-0.2, -0.15) is 0 Å². The van der Waals surface area contributed by atoms with E-state index in [1.807, 2.05) is 6.20 Å². The summed E-state index contributed by atoms with van der Waals surface area (Å²) in [6.07, 6.45) is 4.03. The molecule has 1 aromatic rings. The number of anilines is 2. The fourth-order valence-electron chi connectivity index (χ4n) is 2.80. The van der Waals surface area contributed by atoms with Crippen LogP contribution >= 0.6 is 0 Å². The molecule has 0 bridgehead atoms. The van der Waals surface area contributed by atoms with Gasteiger partial charge < -0.3 is 15.0 Å². The average molecular weight is 277 g/mol. The number of hydrogen-bond donors (Lipinski definition) is 1. The van der Waals surface area contributed by atoms with E-state index in [1.54, 1.807) is 0 Å². The summed E-state index contributed by atoms with van der Waals surface area (Å²) in [6.45, 7) is 11.4. The summed E-state index contributed by atoms with van der Waals surface area (Å²) in [6, 6.07) is 4.70. The molecule has 4 heteroatoms. The van der Waals surface area contributed by atoms with Crippen molar-refractivity contribution in [1.29, 1.82) is 0 Å². The quantitative estimate of drug-likeness (QED) is 0.896. The van der Waals surface area contributed by atoms with E-state index in [-0.39, 0.29) is 5.60 Å². The molecule has 0 saturated carbocycles. The molecule has 0 spiro atoms. The topological polar surface area (TPSA) is 37.4 Å². The molecule has 20 heavy (non-hydrogen) atoms. The zero-order valence-corrected chi connectivity index (χ0v) is 13.1. The van der Waals surface area contributed by atoms with E-state index in [0.717, 1.165) is 44.0 Å². The van der Waals surface area contributed by atoms with Gasteiger partial charge in [0.2, 0.25) is 0 Å². The Morgan fingerprint density at radius 3 is 2.65 bits per heavy atom. The second-order valence-corrected chi connectivity index (χ2v) is 6.02. The summed E-state index contributed by atoms with van der Waals surface area (Å²) in [5.74, 6) is 1.05.